The Morgan fingerprint density at radius 1 is 0.882 bits per heavy atom. The summed E-state index contributed by atoms with van der Waals surface area (Å²) in [5, 5.41) is 0. The molecule has 0 amide bonds. The standard InChI is InChI=1S/C28H27NO5/c1-20-25(29-28(34-20)23-9-4-3-5-10-23)19-32-24-15-12-21(13-16-24)18-33-26-11-7-6-8-22(26)14-17-27(30)31-2/h3-13,15-16H,14,17-19H2,1-2H3. The first-order chi connectivity index (χ1) is 16.6. The fraction of sp³-hybridized carbons (Fsp3) is 0.214. The number of benzene rings is 3. The first kappa shape index (κ1) is 23.1. The number of rotatable bonds is 10. The van der Waals surface area contributed by atoms with E-state index in [0.717, 1.165) is 39.6 Å². The third kappa shape index (κ3) is 6.04. The van der Waals surface area contributed by atoms with Crippen LogP contribution in [0.3, 0.4) is 0 Å². The normalized spacial score (nSPS) is 10.6. The van der Waals surface area contributed by atoms with E-state index in [4.69, 9.17) is 18.6 Å². The van der Waals surface area contributed by atoms with E-state index in [-0.39, 0.29) is 5.97 Å². The van der Waals surface area contributed by atoms with Gasteiger partial charge in [0, 0.05) is 12.0 Å². The number of aryl methyl sites for hydroxylation is 2. The first-order valence-electron chi connectivity index (χ1n) is 11.1. The van der Waals surface area contributed by atoms with E-state index in [1.165, 1.54) is 7.11 Å². The highest BCUT2D eigenvalue weighted by atomic mass is 16.5. The molecule has 6 heteroatoms. The lowest BCUT2D eigenvalue weighted by molar-refractivity contribution is -0.140. The predicted octanol–water partition coefficient (Wildman–Crippen LogP) is 5.91. The maximum atomic E-state index is 11.5. The molecule has 1 aromatic heterocycles. The van der Waals surface area contributed by atoms with Gasteiger partial charge in [-0.3, -0.25) is 4.79 Å². The summed E-state index contributed by atoms with van der Waals surface area (Å²) in [7, 11) is 1.40. The molecule has 0 N–H and O–H groups in total. The number of oxazole rings is 1. The minimum absolute atomic E-state index is 0.234. The van der Waals surface area contributed by atoms with E-state index in [2.05, 4.69) is 4.98 Å². The first-order valence-corrected chi connectivity index (χ1v) is 11.1. The number of esters is 1. The molecule has 0 aliphatic heterocycles. The third-order valence-corrected chi connectivity index (χ3v) is 5.41. The number of hydrogen-bond acceptors (Lipinski definition) is 6. The average molecular weight is 458 g/mol. The van der Waals surface area contributed by atoms with Gasteiger partial charge >= 0.3 is 5.97 Å². The van der Waals surface area contributed by atoms with Gasteiger partial charge in [-0.25, -0.2) is 4.98 Å². The molecule has 34 heavy (non-hydrogen) atoms. The number of para-hydroxylation sites is 1. The highest BCUT2D eigenvalue weighted by molar-refractivity contribution is 5.69. The topological polar surface area (TPSA) is 70.8 Å². The molecule has 4 aromatic rings. The minimum Gasteiger partial charge on any atom is -0.489 e. The second kappa shape index (κ2) is 11.2. The highest BCUT2D eigenvalue weighted by Crippen LogP contribution is 2.24. The lowest BCUT2D eigenvalue weighted by Crippen LogP contribution is -2.04. The van der Waals surface area contributed by atoms with Gasteiger partial charge in [-0.2, -0.15) is 0 Å². The largest absolute Gasteiger partial charge is 0.489 e. The zero-order valence-corrected chi connectivity index (χ0v) is 19.3. The van der Waals surface area contributed by atoms with Crippen LogP contribution in [0, 0.1) is 6.92 Å². The van der Waals surface area contributed by atoms with Crippen molar-refractivity contribution in [2.45, 2.75) is 33.0 Å². The number of methoxy groups -OCH3 is 1. The average Bonchev–Trinajstić information content (AvgIpc) is 3.26. The predicted molar refractivity (Wildman–Crippen MR) is 129 cm³/mol. The van der Waals surface area contributed by atoms with Crippen LogP contribution in [-0.2, 0) is 29.2 Å². The molecule has 0 saturated heterocycles. The summed E-state index contributed by atoms with van der Waals surface area (Å²) in [5.41, 5.74) is 3.70. The van der Waals surface area contributed by atoms with Crippen molar-refractivity contribution >= 4 is 5.97 Å². The van der Waals surface area contributed by atoms with Crippen molar-refractivity contribution in [1.29, 1.82) is 0 Å². The molecule has 0 spiro atoms. The molecule has 1 heterocycles. The van der Waals surface area contributed by atoms with Gasteiger partial charge in [0.05, 0.1) is 7.11 Å². The second-order valence-corrected chi connectivity index (χ2v) is 7.79. The molecule has 4 rings (SSSR count). The van der Waals surface area contributed by atoms with Crippen LogP contribution < -0.4 is 9.47 Å². The fourth-order valence-corrected chi connectivity index (χ4v) is 3.45. The van der Waals surface area contributed by atoms with Gasteiger partial charge in [0.25, 0.3) is 0 Å². The summed E-state index contributed by atoms with van der Waals surface area (Å²) < 4.78 is 22.4. The van der Waals surface area contributed by atoms with Crippen molar-refractivity contribution < 1.29 is 23.4 Å². The molecule has 6 nitrogen and oxygen atoms in total. The molecule has 174 valence electrons. The van der Waals surface area contributed by atoms with E-state index in [1.807, 2.05) is 85.8 Å². The van der Waals surface area contributed by atoms with E-state index < -0.39 is 0 Å². The molecule has 0 bridgehead atoms. The molecule has 0 fully saturated rings. The van der Waals surface area contributed by atoms with Gasteiger partial charge in [-0.05, 0) is 54.8 Å². The number of nitrogens with zero attached hydrogens (tertiary/aromatic N) is 1. The van der Waals surface area contributed by atoms with Crippen molar-refractivity contribution in [2.24, 2.45) is 0 Å². The van der Waals surface area contributed by atoms with Crippen molar-refractivity contribution in [2.75, 3.05) is 7.11 Å². The molecular weight excluding hydrogens is 430 g/mol. The Kier molecular flexibility index (Phi) is 7.60. The fourth-order valence-electron chi connectivity index (χ4n) is 3.45. The Morgan fingerprint density at radius 3 is 2.38 bits per heavy atom. The summed E-state index contributed by atoms with van der Waals surface area (Å²) in [6.07, 6.45) is 0.893. The van der Waals surface area contributed by atoms with Crippen LogP contribution in [0.25, 0.3) is 11.5 Å². The van der Waals surface area contributed by atoms with E-state index in [9.17, 15) is 4.79 Å². The van der Waals surface area contributed by atoms with Crippen LogP contribution in [-0.4, -0.2) is 18.1 Å². The van der Waals surface area contributed by atoms with E-state index in [1.54, 1.807) is 0 Å². The number of carbonyl (C=O) groups excluding carboxylic acids is 1. The summed E-state index contributed by atoms with van der Waals surface area (Å²) in [5.74, 6) is 2.61. The Labute approximate surface area is 199 Å². The van der Waals surface area contributed by atoms with Crippen LogP contribution in [0.2, 0.25) is 0 Å². The summed E-state index contributed by atoms with van der Waals surface area (Å²) in [4.78, 5) is 16.0. The Morgan fingerprint density at radius 2 is 1.62 bits per heavy atom. The zero-order valence-electron chi connectivity index (χ0n) is 19.3. The summed E-state index contributed by atoms with van der Waals surface area (Å²) in [6, 6.07) is 25.3. The van der Waals surface area contributed by atoms with Gasteiger partial charge in [0.1, 0.15) is 36.2 Å². The van der Waals surface area contributed by atoms with Crippen molar-refractivity contribution in [3.8, 4) is 23.0 Å². The van der Waals surface area contributed by atoms with Gasteiger partial charge in [-0.1, -0.05) is 48.5 Å². The van der Waals surface area contributed by atoms with E-state index in [0.29, 0.717) is 31.9 Å². The third-order valence-electron chi connectivity index (χ3n) is 5.41. The van der Waals surface area contributed by atoms with Crippen molar-refractivity contribution in [3.05, 3.63) is 101 Å². The number of hydrogen-bond donors (Lipinski definition) is 0. The number of aromatic nitrogens is 1. The quantitative estimate of drug-likeness (QED) is 0.276. The number of ether oxygens (including phenoxy) is 3. The van der Waals surface area contributed by atoms with Crippen LogP contribution in [0.5, 0.6) is 11.5 Å². The van der Waals surface area contributed by atoms with Gasteiger partial charge in [0.15, 0.2) is 0 Å². The molecule has 0 atom stereocenters. The Bertz CT molecular complexity index is 1220. The maximum absolute atomic E-state index is 11.5. The van der Waals surface area contributed by atoms with Crippen molar-refractivity contribution in [1.82, 2.24) is 4.98 Å². The zero-order chi connectivity index (χ0) is 23.8. The maximum Gasteiger partial charge on any atom is 0.305 e. The van der Waals surface area contributed by atoms with Crippen LogP contribution in [0.4, 0.5) is 0 Å². The lowest BCUT2D eigenvalue weighted by Gasteiger charge is -2.12. The van der Waals surface area contributed by atoms with Gasteiger partial charge in [-0.15, -0.1) is 0 Å². The molecule has 0 radical (unpaired) electrons. The molecule has 0 aliphatic carbocycles. The minimum atomic E-state index is -0.234. The Balaban J connectivity index is 1.32. The van der Waals surface area contributed by atoms with Crippen LogP contribution in [0.15, 0.2) is 83.3 Å². The van der Waals surface area contributed by atoms with E-state index >= 15 is 0 Å². The number of carbonyl (C=O) groups is 1. The highest BCUT2D eigenvalue weighted by Gasteiger charge is 2.12. The molecule has 0 aliphatic rings. The van der Waals surface area contributed by atoms with Crippen LogP contribution in [0.1, 0.15) is 29.0 Å². The molecule has 0 unspecified atom stereocenters. The van der Waals surface area contributed by atoms with Crippen LogP contribution >= 0.6 is 0 Å². The van der Waals surface area contributed by atoms with Crippen molar-refractivity contribution in [3.63, 3.8) is 0 Å². The molecular formula is C28H27NO5. The second-order valence-electron chi connectivity index (χ2n) is 7.79. The van der Waals surface area contributed by atoms with Gasteiger partial charge in [0.2, 0.25) is 5.89 Å². The smallest absolute Gasteiger partial charge is 0.305 e. The lowest BCUT2D eigenvalue weighted by atomic mass is 10.1. The molecule has 0 saturated carbocycles. The van der Waals surface area contributed by atoms with Gasteiger partial charge < -0.3 is 18.6 Å². The summed E-state index contributed by atoms with van der Waals surface area (Å²) in [6.45, 7) is 2.63. The summed E-state index contributed by atoms with van der Waals surface area (Å²) >= 11 is 0. The monoisotopic (exact) mass is 457 g/mol. The Hall–Kier alpha value is -4.06. The SMILES string of the molecule is COC(=O)CCc1ccccc1OCc1ccc(OCc2nc(-c3ccccc3)oc2C)cc1. The molecule has 3 aromatic carbocycles.